The molecule has 1 aromatic rings. The first kappa shape index (κ1) is 14.1. The molecule has 0 atom stereocenters. The molecule has 100 valence electrons. The Hall–Kier alpha value is -1.96. The Kier molecular flexibility index (Phi) is 5.78. The molecule has 8 heteroatoms. The van der Waals surface area contributed by atoms with Crippen LogP contribution in [0, 0.1) is 0 Å². The minimum Gasteiger partial charge on any atom is -0.351 e. The Bertz CT molecular complexity index is 403. The third kappa shape index (κ3) is 5.39. The fraction of sp³-hybridized carbons (Fsp3) is 0.600. The number of carbonyl (C=O) groups is 2. The number of nitrogens with zero attached hydrogens (tertiary/aromatic N) is 3. The second-order valence-corrected chi connectivity index (χ2v) is 3.81. The van der Waals surface area contributed by atoms with Gasteiger partial charge in [-0.05, 0) is 13.0 Å². The van der Waals surface area contributed by atoms with E-state index in [9.17, 15) is 9.59 Å². The van der Waals surface area contributed by atoms with Crippen LogP contribution >= 0.6 is 0 Å². The summed E-state index contributed by atoms with van der Waals surface area (Å²) in [6, 6.07) is -0.844. The molecule has 1 heterocycles. The van der Waals surface area contributed by atoms with E-state index in [1.54, 1.807) is 10.9 Å². The van der Waals surface area contributed by atoms with E-state index in [4.69, 9.17) is 5.73 Å². The zero-order valence-electron chi connectivity index (χ0n) is 10.3. The largest absolute Gasteiger partial charge is 0.351 e. The second kappa shape index (κ2) is 7.38. The highest BCUT2D eigenvalue weighted by atomic mass is 16.2. The summed E-state index contributed by atoms with van der Waals surface area (Å²) in [6.07, 6.45) is 2.95. The van der Waals surface area contributed by atoms with Gasteiger partial charge in [-0.3, -0.25) is 14.8 Å². The van der Waals surface area contributed by atoms with Crippen LogP contribution in [0.4, 0.5) is 4.79 Å². The van der Waals surface area contributed by atoms with Crippen molar-refractivity contribution < 1.29 is 9.59 Å². The number of imide groups is 1. The molecule has 0 aromatic carbocycles. The first-order valence-electron chi connectivity index (χ1n) is 5.80. The number of aryl methyl sites for hydroxylation is 1. The molecule has 0 fully saturated rings. The number of rotatable bonds is 7. The highest BCUT2D eigenvalue weighted by Crippen LogP contribution is 1.94. The summed E-state index contributed by atoms with van der Waals surface area (Å²) in [4.78, 5) is 21.6. The average molecular weight is 254 g/mol. The van der Waals surface area contributed by atoms with E-state index in [1.807, 2.05) is 5.32 Å². The van der Waals surface area contributed by atoms with Gasteiger partial charge in [0.25, 0.3) is 0 Å². The van der Waals surface area contributed by atoms with Crippen LogP contribution in [0.1, 0.15) is 25.5 Å². The van der Waals surface area contributed by atoms with Crippen LogP contribution in [0.25, 0.3) is 0 Å². The molecule has 4 N–H and O–H groups in total. The predicted octanol–water partition coefficient (Wildman–Crippen LogP) is -0.637. The molecular formula is C10H18N6O2. The van der Waals surface area contributed by atoms with Crippen molar-refractivity contribution in [3.8, 4) is 0 Å². The maximum Gasteiger partial charge on any atom is 0.318 e. The third-order valence-corrected chi connectivity index (χ3v) is 2.15. The van der Waals surface area contributed by atoms with Gasteiger partial charge in [-0.15, -0.1) is 5.10 Å². The van der Waals surface area contributed by atoms with Gasteiger partial charge >= 0.3 is 6.03 Å². The summed E-state index contributed by atoms with van der Waals surface area (Å²) in [5.41, 5.74) is 5.64. The molecule has 0 bridgehead atoms. The monoisotopic (exact) mass is 254 g/mol. The molecule has 0 spiro atoms. The quantitative estimate of drug-likeness (QED) is 0.560. The SMILES string of the molecule is CCCNCc1cn(CCC(=O)NC(N)=O)nn1. The number of urea groups is 1. The number of primary amides is 1. The number of hydrogen-bond donors (Lipinski definition) is 3. The van der Waals surface area contributed by atoms with Gasteiger partial charge in [0.2, 0.25) is 5.91 Å². The molecular weight excluding hydrogens is 236 g/mol. The molecule has 3 amide bonds. The van der Waals surface area contributed by atoms with Crippen LogP contribution in [-0.4, -0.2) is 33.5 Å². The molecule has 8 nitrogen and oxygen atoms in total. The van der Waals surface area contributed by atoms with Crippen molar-refractivity contribution in [1.82, 2.24) is 25.6 Å². The van der Waals surface area contributed by atoms with Gasteiger partial charge in [0, 0.05) is 19.2 Å². The van der Waals surface area contributed by atoms with Gasteiger partial charge < -0.3 is 11.1 Å². The Morgan fingerprint density at radius 3 is 2.94 bits per heavy atom. The van der Waals surface area contributed by atoms with E-state index >= 15 is 0 Å². The third-order valence-electron chi connectivity index (χ3n) is 2.15. The van der Waals surface area contributed by atoms with Crippen LogP contribution in [0.15, 0.2) is 6.20 Å². The molecule has 0 unspecified atom stereocenters. The Morgan fingerprint density at radius 2 is 2.28 bits per heavy atom. The maximum absolute atomic E-state index is 11.2. The number of aromatic nitrogens is 3. The topological polar surface area (TPSA) is 115 Å². The van der Waals surface area contributed by atoms with Gasteiger partial charge in [0.1, 0.15) is 0 Å². The van der Waals surface area contributed by atoms with Crippen molar-refractivity contribution in [3.63, 3.8) is 0 Å². The highest BCUT2D eigenvalue weighted by molar-refractivity contribution is 5.93. The number of hydrogen-bond acceptors (Lipinski definition) is 5. The zero-order chi connectivity index (χ0) is 13.4. The van der Waals surface area contributed by atoms with Gasteiger partial charge in [0.15, 0.2) is 0 Å². The average Bonchev–Trinajstić information content (AvgIpc) is 2.74. The molecule has 18 heavy (non-hydrogen) atoms. The van der Waals surface area contributed by atoms with Crippen molar-refractivity contribution >= 4 is 11.9 Å². The maximum atomic E-state index is 11.2. The first-order chi connectivity index (χ1) is 8.61. The fourth-order valence-electron chi connectivity index (χ4n) is 1.34. The lowest BCUT2D eigenvalue weighted by Crippen LogP contribution is -2.35. The summed E-state index contributed by atoms with van der Waals surface area (Å²) in [5, 5.41) is 13.0. The van der Waals surface area contributed by atoms with Gasteiger partial charge in [-0.1, -0.05) is 12.1 Å². The van der Waals surface area contributed by atoms with Crippen molar-refractivity contribution in [2.75, 3.05) is 6.54 Å². The Morgan fingerprint density at radius 1 is 1.50 bits per heavy atom. The van der Waals surface area contributed by atoms with Gasteiger partial charge in [0.05, 0.1) is 12.2 Å². The zero-order valence-corrected chi connectivity index (χ0v) is 10.3. The van der Waals surface area contributed by atoms with Crippen LogP contribution < -0.4 is 16.4 Å². The molecule has 0 saturated carbocycles. The summed E-state index contributed by atoms with van der Waals surface area (Å²) < 4.78 is 1.56. The van der Waals surface area contributed by atoms with Crippen molar-refractivity contribution in [2.24, 2.45) is 5.73 Å². The predicted molar refractivity (Wildman–Crippen MR) is 64.4 cm³/mol. The highest BCUT2D eigenvalue weighted by Gasteiger charge is 2.06. The van der Waals surface area contributed by atoms with Crippen LogP contribution in [0.2, 0.25) is 0 Å². The van der Waals surface area contributed by atoms with E-state index in [1.165, 1.54) is 0 Å². The lowest BCUT2D eigenvalue weighted by molar-refractivity contribution is -0.120. The fourth-order valence-corrected chi connectivity index (χ4v) is 1.34. The minimum absolute atomic E-state index is 0.133. The van der Waals surface area contributed by atoms with E-state index in [-0.39, 0.29) is 6.42 Å². The number of amides is 3. The van der Waals surface area contributed by atoms with E-state index in [0.717, 1.165) is 18.7 Å². The van der Waals surface area contributed by atoms with E-state index in [0.29, 0.717) is 13.1 Å². The van der Waals surface area contributed by atoms with Gasteiger partial charge in [-0.2, -0.15) is 0 Å². The lowest BCUT2D eigenvalue weighted by Gasteiger charge is -2.00. The minimum atomic E-state index is -0.844. The number of nitrogens with two attached hydrogens (primary N) is 1. The van der Waals surface area contributed by atoms with Crippen LogP contribution in [0.5, 0.6) is 0 Å². The van der Waals surface area contributed by atoms with Gasteiger partial charge in [-0.25, -0.2) is 4.79 Å². The molecule has 0 radical (unpaired) electrons. The van der Waals surface area contributed by atoms with Crippen LogP contribution in [-0.2, 0) is 17.9 Å². The van der Waals surface area contributed by atoms with E-state index < -0.39 is 11.9 Å². The lowest BCUT2D eigenvalue weighted by atomic mass is 10.4. The molecule has 1 rings (SSSR count). The summed E-state index contributed by atoms with van der Waals surface area (Å²) in [5.74, 6) is -0.427. The van der Waals surface area contributed by atoms with Crippen molar-refractivity contribution in [3.05, 3.63) is 11.9 Å². The standard InChI is InChI=1S/C10H18N6O2/c1-2-4-12-6-8-7-16(15-14-8)5-3-9(17)13-10(11)18/h7,12H,2-6H2,1H3,(H3,11,13,17,18). The first-order valence-corrected chi connectivity index (χ1v) is 5.80. The van der Waals surface area contributed by atoms with Crippen molar-refractivity contribution in [1.29, 1.82) is 0 Å². The normalized spacial score (nSPS) is 10.3. The summed E-state index contributed by atoms with van der Waals surface area (Å²) in [6.45, 7) is 4.02. The number of nitrogens with one attached hydrogen (secondary N) is 2. The molecule has 1 aromatic heterocycles. The summed E-state index contributed by atoms with van der Waals surface area (Å²) in [7, 11) is 0. The summed E-state index contributed by atoms with van der Waals surface area (Å²) >= 11 is 0. The van der Waals surface area contributed by atoms with E-state index in [2.05, 4.69) is 22.6 Å². The van der Waals surface area contributed by atoms with Crippen molar-refractivity contribution in [2.45, 2.75) is 32.9 Å². The Labute approximate surface area is 105 Å². The molecule has 0 aliphatic rings. The molecule has 0 saturated heterocycles. The molecule has 0 aliphatic carbocycles. The Balaban J connectivity index is 2.30. The number of carbonyl (C=O) groups excluding carboxylic acids is 2. The smallest absolute Gasteiger partial charge is 0.318 e. The second-order valence-electron chi connectivity index (χ2n) is 3.81. The molecule has 0 aliphatic heterocycles. The van der Waals surface area contributed by atoms with Crippen LogP contribution in [0.3, 0.4) is 0 Å².